The standard InChI is InChI=1S/C17H20N4O2S/c22-16(13-2-1-5-18-9-13)21-6-7-23-10-15(21)14-11-24-17(20-14)19-8-12-3-4-12/h1-2,5,9,11-12,15H,3-4,6-8,10H2,(H,19,20)/t15-/m0/s1. The van der Waals surface area contributed by atoms with E-state index in [1.165, 1.54) is 12.8 Å². The van der Waals surface area contributed by atoms with Gasteiger partial charge in [-0.1, -0.05) is 0 Å². The van der Waals surface area contributed by atoms with Crippen molar-refractivity contribution in [3.63, 3.8) is 0 Å². The topological polar surface area (TPSA) is 67.4 Å². The van der Waals surface area contributed by atoms with Crippen LogP contribution in [0.25, 0.3) is 0 Å². The number of carbonyl (C=O) groups is 1. The van der Waals surface area contributed by atoms with Crippen molar-refractivity contribution in [2.75, 3.05) is 31.6 Å². The van der Waals surface area contributed by atoms with Gasteiger partial charge < -0.3 is 15.0 Å². The highest BCUT2D eigenvalue weighted by Gasteiger charge is 2.31. The third-order valence-electron chi connectivity index (χ3n) is 4.40. The number of morpholine rings is 1. The molecule has 1 aliphatic carbocycles. The van der Waals surface area contributed by atoms with Crippen LogP contribution in [0.4, 0.5) is 5.13 Å². The molecule has 126 valence electrons. The lowest BCUT2D eigenvalue weighted by Crippen LogP contribution is -2.43. The molecule has 2 aromatic rings. The predicted octanol–water partition coefficient (Wildman–Crippen LogP) is 2.57. The Morgan fingerprint density at radius 1 is 1.46 bits per heavy atom. The molecule has 2 aromatic heterocycles. The summed E-state index contributed by atoms with van der Waals surface area (Å²) in [6.07, 6.45) is 5.91. The first-order chi connectivity index (χ1) is 11.8. The van der Waals surface area contributed by atoms with Gasteiger partial charge in [-0.2, -0.15) is 0 Å². The van der Waals surface area contributed by atoms with E-state index in [4.69, 9.17) is 4.74 Å². The van der Waals surface area contributed by atoms with E-state index >= 15 is 0 Å². The van der Waals surface area contributed by atoms with Crippen LogP contribution in [0, 0.1) is 5.92 Å². The molecule has 0 bridgehead atoms. The van der Waals surface area contributed by atoms with Crippen molar-refractivity contribution >= 4 is 22.4 Å². The van der Waals surface area contributed by atoms with Crippen LogP contribution in [0.1, 0.15) is 34.9 Å². The van der Waals surface area contributed by atoms with E-state index in [0.29, 0.717) is 25.3 Å². The van der Waals surface area contributed by atoms with Crippen LogP contribution in [0.3, 0.4) is 0 Å². The fourth-order valence-electron chi connectivity index (χ4n) is 2.82. The van der Waals surface area contributed by atoms with Crippen molar-refractivity contribution in [2.24, 2.45) is 5.92 Å². The zero-order chi connectivity index (χ0) is 16.4. The molecule has 1 aliphatic heterocycles. The van der Waals surface area contributed by atoms with Gasteiger partial charge in [0.15, 0.2) is 5.13 Å². The van der Waals surface area contributed by atoms with Gasteiger partial charge in [0, 0.05) is 30.9 Å². The van der Waals surface area contributed by atoms with E-state index in [-0.39, 0.29) is 11.9 Å². The molecule has 1 amide bonds. The second-order valence-electron chi connectivity index (χ2n) is 6.23. The number of ether oxygens (including phenoxy) is 1. The van der Waals surface area contributed by atoms with Crippen LogP contribution >= 0.6 is 11.3 Å². The molecule has 0 unspecified atom stereocenters. The first kappa shape index (κ1) is 15.5. The Bertz CT molecular complexity index is 702. The monoisotopic (exact) mass is 344 g/mol. The maximum absolute atomic E-state index is 12.8. The number of thiazole rings is 1. The molecule has 1 N–H and O–H groups in total. The molecule has 0 spiro atoms. The molecule has 1 saturated heterocycles. The summed E-state index contributed by atoms with van der Waals surface area (Å²) in [7, 11) is 0. The molecule has 2 fully saturated rings. The van der Waals surface area contributed by atoms with Gasteiger partial charge >= 0.3 is 0 Å². The summed E-state index contributed by atoms with van der Waals surface area (Å²) in [5.74, 6) is 0.788. The summed E-state index contributed by atoms with van der Waals surface area (Å²) in [6.45, 7) is 2.60. The number of nitrogens with zero attached hydrogens (tertiary/aromatic N) is 3. The van der Waals surface area contributed by atoms with Gasteiger partial charge in [0.25, 0.3) is 5.91 Å². The lowest BCUT2D eigenvalue weighted by atomic mass is 10.1. The van der Waals surface area contributed by atoms with Gasteiger partial charge in [-0.3, -0.25) is 9.78 Å². The number of hydrogen-bond acceptors (Lipinski definition) is 6. The highest BCUT2D eigenvalue weighted by Crippen LogP contribution is 2.31. The highest BCUT2D eigenvalue weighted by atomic mass is 32.1. The van der Waals surface area contributed by atoms with Crippen LogP contribution < -0.4 is 5.32 Å². The average molecular weight is 344 g/mol. The third-order valence-corrected chi connectivity index (χ3v) is 5.22. The summed E-state index contributed by atoms with van der Waals surface area (Å²) in [5.41, 5.74) is 1.50. The molecule has 0 aromatic carbocycles. The molecular weight excluding hydrogens is 324 g/mol. The Hall–Kier alpha value is -1.99. The Kier molecular flexibility index (Phi) is 4.44. The van der Waals surface area contributed by atoms with E-state index < -0.39 is 0 Å². The summed E-state index contributed by atoms with van der Waals surface area (Å²) in [5, 5.41) is 6.35. The lowest BCUT2D eigenvalue weighted by Gasteiger charge is -2.34. The largest absolute Gasteiger partial charge is 0.377 e. The summed E-state index contributed by atoms with van der Waals surface area (Å²) >= 11 is 1.59. The number of rotatable bonds is 5. The van der Waals surface area contributed by atoms with Gasteiger partial charge in [-0.05, 0) is 30.9 Å². The van der Waals surface area contributed by atoms with Gasteiger partial charge in [-0.15, -0.1) is 11.3 Å². The van der Waals surface area contributed by atoms with E-state index in [9.17, 15) is 4.79 Å². The van der Waals surface area contributed by atoms with Crippen LogP contribution in [-0.2, 0) is 4.74 Å². The Balaban J connectivity index is 1.50. The number of anilines is 1. The summed E-state index contributed by atoms with van der Waals surface area (Å²) in [6, 6.07) is 3.44. The van der Waals surface area contributed by atoms with E-state index in [1.807, 2.05) is 10.3 Å². The molecule has 1 atom stereocenters. The Morgan fingerprint density at radius 3 is 3.17 bits per heavy atom. The number of aromatic nitrogens is 2. The minimum absolute atomic E-state index is 0.0168. The molecule has 0 radical (unpaired) electrons. The fourth-order valence-corrected chi connectivity index (χ4v) is 3.59. The normalized spacial score (nSPS) is 20.8. The molecule has 24 heavy (non-hydrogen) atoms. The average Bonchev–Trinajstić information content (AvgIpc) is 3.36. The molecule has 1 saturated carbocycles. The number of amides is 1. The third kappa shape index (κ3) is 3.42. The number of pyridine rings is 1. The van der Waals surface area contributed by atoms with Gasteiger partial charge in [0.2, 0.25) is 0 Å². The highest BCUT2D eigenvalue weighted by molar-refractivity contribution is 7.13. The van der Waals surface area contributed by atoms with Crippen LogP contribution in [0.5, 0.6) is 0 Å². The van der Waals surface area contributed by atoms with Gasteiger partial charge in [0.1, 0.15) is 0 Å². The zero-order valence-corrected chi connectivity index (χ0v) is 14.2. The minimum atomic E-state index is -0.140. The zero-order valence-electron chi connectivity index (χ0n) is 13.4. The maximum atomic E-state index is 12.8. The molecule has 7 heteroatoms. The fraction of sp³-hybridized carbons (Fsp3) is 0.471. The number of hydrogen-bond donors (Lipinski definition) is 1. The molecule has 6 nitrogen and oxygen atoms in total. The van der Waals surface area contributed by atoms with E-state index in [0.717, 1.165) is 23.3 Å². The molecular formula is C17H20N4O2S. The lowest BCUT2D eigenvalue weighted by molar-refractivity contribution is -0.00373. The van der Waals surface area contributed by atoms with Crippen molar-refractivity contribution in [3.8, 4) is 0 Å². The second-order valence-corrected chi connectivity index (χ2v) is 7.09. The molecule has 2 aliphatic rings. The minimum Gasteiger partial charge on any atom is -0.377 e. The first-order valence-corrected chi connectivity index (χ1v) is 9.17. The summed E-state index contributed by atoms with van der Waals surface area (Å²) < 4.78 is 5.60. The molecule has 3 heterocycles. The van der Waals surface area contributed by atoms with Crippen LogP contribution in [0.15, 0.2) is 29.9 Å². The van der Waals surface area contributed by atoms with Crippen molar-refractivity contribution in [1.29, 1.82) is 0 Å². The second kappa shape index (κ2) is 6.86. The van der Waals surface area contributed by atoms with Crippen molar-refractivity contribution in [3.05, 3.63) is 41.2 Å². The van der Waals surface area contributed by atoms with Gasteiger partial charge in [0.05, 0.1) is 30.5 Å². The smallest absolute Gasteiger partial charge is 0.256 e. The maximum Gasteiger partial charge on any atom is 0.256 e. The predicted molar refractivity (Wildman–Crippen MR) is 92.2 cm³/mol. The van der Waals surface area contributed by atoms with Crippen molar-refractivity contribution in [1.82, 2.24) is 14.9 Å². The van der Waals surface area contributed by atoms with E-state index in [2.05, 4.69) is 15.3 Å². The number of carbonyl (C=O) groups excluding carboxylic acids is 1. The number of nitrogens with one attached hydrogen (secondary N) is 1. The summed E-state index contributed by atoms with van der Waals surface area (Å²) in [4.78, 5) is 23.4. The van der Waals surface area contributed by atoms with Crippen molar-refractivity contribution < 1.29 is 9.53 Å². The quantitative estimate of drug-likeness (QED) is 0.903. The SMILES string of the molecule is O=C(c1cccnc1)N1CCOC[C@H]1c1csc(NCC2CC2)n1. The van der Waals surface area contributed by atoms with Crippen LogP contribution in [-0.4, -0.2) is 47.1 Å². The van der Waals surface area contributed by atoms with Gasteiger partial charge in [-0.25, -0.2) is 4.98 Å². The Morgan fingerprint density at radius 2 is 2.38 bits per heavy atom. The first-order valence-electron chi connectivity index (χ1n) is 8.29. The Labute approximate surface area is 144 Å². The van der Waals surface area contributed by atoms with Crippen molar-refractivity contribution in [2.45, 2.75) is 18.9 Å². The van der Waals surface area contributed by atoms with E-state index in [1.54, 1.807) is 35.9 Å². The van der Waals surface area contributed by atoms with Crippen LogP contribution in [0.2, 0.25) is 0 Å². The molecule has 4 rings (SSSR count).